The van der Waals surface area contributed by atoms with Gasteiger partial charge in [-0.3, -0.25) is 4.79 Å². The lowest BCUT2D eigenvalue weighted by Gasteiger charge is -2.17. The number of amides is 1. The first-order chi connectivity index (χ1) is 8.45. The summed E-state index contributed by atoms with van der Waals surface area (Å²) in [6.07, 6.45) is 0.940. The summed E-state index contributed by atoms with van der Waals surface area (Å²) < 4.78 is 5.10. The minimum absolute atomic E-state index is 0.128. The number of methoxy groups -OCH3 is 1. The Morgan fingerprint density at radius 2 is 2.06 bits per heavy atom. The molecule has 4 nitrogen and oxygen atoms in total. The van der Waals surface area contributed by atoms with E-state index in [1.54, 1.807) is 18.2 Å². The van der Waals surface area contributed by atoms with Crippen molar-refractivity contribution in [2.45, 2.75) is 33.2 Å². The van der Waals surface area contributed by atoms with Crippen LogP contribution in [0.15, 0.2) is 18.2 Å². The van der Waals surface area contributed by atoms with Gasteiger partial charge in [0.25, 0.3) is 5.91 Å². The van der Waals surface area contributed by atoms with Gasteiger partial charge >= 0.3 is 0 Å². The predicted octanol–water partition coefficient (Wildman–Crippen LogP) is 2.44. The van der Waals surface area contributed by atoms with Crippen molar-refractivity contribution in [2.24, 2.45) is 5.92 Å². The van der Waals surface area contributed by atoms with Crippen molar-refractivity contribution in [3.05, 3.63) is 23.8 Å². The Morgan fingerprint density at radius 3 is 2.61 bits per heavy atom. The minimum atomic E-state index is -0.153. The van der Waals surface area contributed by atoms with E-state index in [0.29, 0.717) is 22.9 Å². The second-order valence-corrected chi connectivity index (χ2v) is 4.93. The molecule has 3 N–H and O–H groups in total. The molecule has 1 amide bonds. The summed E-state index contributed by atoms with van der Waals surface area (Å²) in [6, 6.07) is 5.33. The third kappa shape index (κ3) is 3.65. The zero-order valence-corrected chi connectivity index (χ0v) is 11.5. The fraction of sp³-hybridized carbons (Fsp3) is 0.500. The van der Waals surface area contributed by atoms with Gasteiger partial charge in [0, 0.05) is 6.04 Å². The van der Waals surface area contributed by atoms with Crippen LogP contribution in [0.5, 0.6) is 5.75 Å². The first kappa shape index (κ1) is 14.4. The summed E-state index contributed by atoms with van der Waals surface area (Å²) >= 11 is 0. The SMILES string of the molecule is COc1cccc(C(=O)NC(C)CC(C)C)c1N. The molecule has 0 heterocycles. The summed E-state index contributed by atoms with van der Waals surface area (Å²) in [6.45, 7) is 6.25. The molecule has 0 fully saturated rings. The van der Waals surface area contributed by atoms with Gasteiger partial charge < -0.3 is 15.8 Å². The van der Waals surface area contributed by atoms with Gasteiger partial charge in [-0.15, -0.1) is 0 Å². The molecule has 1 unspecified atom stereocenters. The van der Waals surface area contributed by atoms with Crippen molar-refractivity contribution in [1.29, 1.82) is 0 Å². The van der Waals surface area contributed by atoms with Crippen molar-refractivity contribution in [1.82, 2.24) is 5.32 Å². The molecule has 18 heavy (non-hydrogen) atoms. The largest absolute Gasteiger partial charge is 0.495 e. The highest BCUT2D eigenvalue weighted by Gasteiger charge is 2.15. The molecule has 1 aromatic rings. The van der Waals surface area contributed by atoms with E-state index in [-0.39, 0.29) is 11.9 Å². The van der Waals surface area contributed by atoms with E-state index in [2.05, 4.69) is 19.2 Å². The van der Waals surface area contributed by atoms with Crippen LogP contribution in [-0.4, -0.2) is 19.1 Å². The van der Waals surface area contributed by atoms with Gasteiger partial charge in [0.2, 0.25) is 0 Å². The summed E-state index contributed by atoms with van der Waals surface area (Å²) in [4.78, 5) is 12.1. The highest BCUT2D eigenvalue weighted by atomic mass is 16.5. The van der Waals surface area contributed by atoms with Crippen LogP contribution >= 0.6 is 0 Å². The standard InChI is InChI=1S/C14H22N2O2/c1-9(2)8-10(3)16-14(17)11-6-5-7-12(18-4)13(11)15/h5-7,9-10H,8,15H2,1-4H3,(H,16,17). The summed E-state index contributed by atoms with van der Waals surface area (Å²) in [5.74, 6) is 0.918. The lowest BCUT2D eigenvalue weighted by Crippen LogP contribution is -2.33. The van der Waals surface area contributed by atoms with Crippen LogP contribution in [0.25, 0.3) is 0 Å². The molecule has 0 aliphatic heterocycles. The number of nitrogen functional groups attached to an aromatic ring is 1. The van der Waals surface area contributed by atoms with Gasteiger partial charge in [0.1, 0.15) is 5.75 Å². The van der Waals surface area contributed by atoms with Crippen LogP contribution in [0.2, 0.25) is 0 Å². The molecule has 4 heteroatoms. The van der Waals surface area contributed by atoms with Gasteiger partial charge in [-0.1, -0.05) is 19.9 Å². The maximum Gasteiger partial charge on any atom is 0.253 e. The Balaban J connectivity index is 2.78. The zero-order chi connectivity index (χ0) is 13.7. The summed E-state index contributed by atoms with van der Waals surface area (Å²) in [5.41, 5.74) is 6.73. The second kappa shape index (κ2) is 6.28. The van der Waals surface area contributed by atoms with Crippen LogP contribution in [0, 0.1) is 5.92 Å². The molecule has 0 spiro atoms. The molecule has 1 aromatic carbocycles. The van der Waals surface area contributed by atoms with Crippen molar-refractivity contribution in [3.63, 3.8) is 0 Å². The number of anilines is 1. The van der Waals surface area contributed by atoms with Gasteiger partial charge in [-0.05, 0) is 31.4 Å². The smallest absolute Gasteiger partial charge is 0.253 e. The van der Waals surface area contributed by atoms with E-state index in [9.17, 15) is 4.79 Å². The fourth-order valence-corrected chi connectivity index (χ4v) is 1.99. The summed E-state index contributed by atoms with van der Waals surface area (Å²) in [5, 5.41) is 2.95. The van der Waals surface area contributed by atoms with Crippen molar-refractivity contribution in [3.8, 4) is 5.75 Å². The van der Waals surface area contributed by atoms with E-state index in [1.165, 1.54) is 7.11 Å². The number of ether oxygens (including phenoxy) is 1. The first-order valence-electron chi connectivity index (χ1n) is 6.19. The molecule has 1 rings (SSSR count). The van der Waals surface area contributed by atoms with E-state index < -0.39 is 0 Å². The topological polar surface area (TPSA) is 64.3 Å². The quantitative estimate of drug-likeness (QED) is 0.789. The molecule has 0 aliphatic carbocycles. The molecular formula is C14H22N2O2. The Kier molecular flexibility index (Phi) is 5.01. The average Bonchev–Trinajstić information content (AvgIpc) is 2.27. The average molecular weight is 250 g/mol. The van der Waals surface area contributed by atoms with Crippen LogP contribution in [-0.2, 0) is 0 Å². The monoisotopic (exact) mass is 250 g/mol. The third-order valence-electron chi connectivity index (χ3n) is 2.73. The lowest BCUT2D eigenvalue weighted by atomic mass is 10.0. The molecule has 0 aliphatic rings. The van der Waals surface area contributed by atoms with E-state index >= 15 is 0 Å². The normalized spacial score (nSPS) is 12.3. The number of nitrogens with one attached hydrogen (secondary N) is 1. The number of hydrogen-bond donors (Lipinski definition) is 2. The highest BCUT2D eigenvalue weighted by Crippen LogP contribution is 2.24. The molecule has 0 bridgehead atoms. The number of benzene rings is 1. The predicted molar refractivity (Wildman–Crippen MR) is 73.8 cm³/mol. The summed E-state index contributed by atoms with van der Waals surface area (Å²) in [7, 11) is 1.54. The molecule has 100 valence electrons. The second-order valence-electron chi connectivity index (χ2n) is 4.93. The third-order valence-corrected chi connectivity index (χ3v) is 2.73. The van der Waals surface area contributed by atoms with E-state index in [4.69, 9.17) is 10.5 Å². The number of nitrogens with two attached hydrogens (primary N) is 1. The molecular weight excluding hydrogens is 228 g/mol. The van der Waals surface area contributed by atoms with Gasteiger partial charge in [-0.25, -0.2) is 0 Å². The lowest BCUT2D eigenvalue weighted by molar-refractivity contribution is 0.0936. The fourth-order valence-electron chi connectivity index (χ4n) is 1.99. The van der Waals surface area contributed by atoms with Crippen LogP contribution in [0.3, 0.4) is 0 Å². The molecule has 0 saturated heterocycles. The van der Waals surface area contributed by atoms with Crippen LogP contribution in [0.1, 0.15) is 37.6 Å². The Labute approximate surface area is 109 Å². The number of carbonyl (C=O) groups excluding carboxylic acids is 1. The van der Waals surface area contributed by atoms with Crippen molar-refractivity contribution in [2.75, 3.05) is 12.8 Å². The maximum absolute atomic E-state index is 12.1. The van der Waals surface area contributed by atoms with Gasteiger partial charge in [-0.2, -0.15) is 0 Å². The molecule has 0 aromatic heterocycles. The van der Waals surface area contributed by atoms with Crippen LogP contribution < -0.4 is 15.8 Å². The number of hydrogen-bond acceptors (Lipinski definition) is 3. The Hall–Kier alpha value is -1.71. The van der Waals surface area contributed by atoms with Crippen molar-refractivity contribution < 1.29 is 9.53 Å². The zero-order valence-electron chi connectivity index (χ0n) is 11.5. The number of para-hydroxylation sites is 1. The molecule has 1 atom stereocenters. The first-order valence-corrected chi connectivity index (χ1v) is 6.19. The molecule has 0 saturated carbocycles. The minimum Gasteiger partial charge on any atom is -0.495 e. The highest BCUT2D eigenvalue weighted by molar-refractivity contribution is 6.00. The Morgan fingerprint density at radius 1 is 1.39 bits per heavy atom. The number of rotatable bonds is 5. The van der Waals surface area contributed by atoms with Gasteiger partial charge in [0.05, 0.1) is 18.4 Å². The number of carbonyl (C=O) groups is 1. The van der Waals surface area contributed by atoms with Gasteiger partial charge in [0.15, 0.2) is 0 Å². The molecule has 0 radical (unpaired) electrons. The maximum atomic E-state index is 12.1. The van der Waals surface area contributed by atoms with Crippen LogP contribution in [0.4, 0.5) is 5.69 Å². The Bertz CT molecular complexity index is 416. The van der Waals surface area contributed by atoms with Crippen molar-refractivity contribution >= 4 is 11.6 Å². The van der Waals surface area contributed by atoms with E-state index in [0.717, 1.165) is 6.42 Å². The van der Waals surface area contributed by atoms with E-state index in [1.807, 2.05) is 6.92 Å².